The standard InChI is InChI=1S/C11H24N2O4S/c1-10(2)6-4-5-8-12-18(16,17)13(3)9-7-11(14)15/h10,12H,4-9H2,1-3H3,(H,14,15). The minimum atomic E-state index is -3.54. The number of carbonyl (C=O) groups is 1. The summed E-state index contributed by atoms with van der Waals surface area (Å²) in [6.07, 6.45) is 2.67. The molecule has 0 aliphatic heterocycles. The first kappa shape index (κ1) is 17.3. The van der Waals surface area contributed by atoms with Gasteiger partial charge >= 0.3 is 5.97 Å². The fourth-order valence-electron chi connectivity index (χ4n) is 1.36. The average Bonchev–Trinajstić information content (AvgIpc) is 2.24. The Labute approximate surface area is 110 Å². The number of carboxylic acid groups (broad SMARTS) is 1. The van der Waals surface area contributed by atoms with Gasteiger partial charge in [-0.2, -0.15) is 12.7 Å². The second-order valence-corrected chi connectivity index (χ2v) is 6.62. The number of hydrogen-bond acceptors (Lipinski definition) is 3. The summed E-state index contributed by atoms with van der Waals surface area (Å²) in [6.45, 7) is 4.64. The van der Waals surface area contributed by atoms with E-state index >= 15 is 0 Å². The number of rotatable bonds is 10. The summed E-state index contributed by atoms with van der Waals surface area (Å²) in [6, 6.07) is 0. The maximum Gasteiger partial charge on any atom is 0.304 e. The van der Waals surface area contributed by atoms with Crippen LogP contribution >= 0.6 is 0 Å². The molecule has 0 saturated carbocycles. The van der Waals surface area contributed by atoms with Crippen LogP contribution in [0.15, 0.2) is 0 Å². The maximum absolute atomic E-state index is 11.7. The number of hydrogen-bond donors (Lipinski definition) is 2. The highest BCUT2D eigenvalue weighted by atomic mass is 32.2. The molecule has 0 bridgehead atoms. The predicted octanol–water partition coefficient (Wildman–Crippen LogP) is 1.05. The smallest absolute Gasteiger partial charge is 0.304 e. The van der Waals surface area contributed by atoms with E-state index in [1.165, 1.54) is 7.05 Å². The van der Waals surface area contributed by atoms with Crippen molar-refractivity contribution in [1.29, 1.82) is 0 Å². The first-order chi connectivity index (χ1) is 8.25. The van der Waals surface area contributed by atoms with Crippen LogP contribution < -0.4 is 4.72 Å². The van der Waals surface area contributed by atoms with Gasteiger partial charge < -0.3 is 5.11 Å². The Kier molecular flexibility index (Phi) is 8.13. The molecule has 7 heteroatoms. The van der Waals surface area contributed by atoms with Gasteiger partial charge in [0.25, 0.3) is 10.2 Å². The monoisotopic (exact) mass is 280 g/mol. The fourth-order valence-corrected chi connectivity index (χ4v) is 2.32. The van der Waals surface area contributed by atoms with E-state index in [-0.39, 0.29) is 13.0 Å². The van der Waals surface area contributed by atoms with Crippen molar-refractivity contribution in [3.63, 3.8) is 0 Å². The lowest BCUT2D eigenvalue weighted by molar-refractivity contribution is -0.137. The molecule has 0 heterocycles. The van der Waals surface area contributed by atoms with Gasteiger partial charge in [-0.05, 0) is 12.3 Å². The van der Waals surface area contributed by atoms with Crippen LogP contribution in [-0.2, 0) is 15.0 Å². The minimum Gasteiger partial charge on any atom is -0.481 e. The van der Waals surface area contributed by atoms with Crippen LogP contribution in [0.4, 0.5) is 0 Å². The largest absolute Gasteiger partial charge is 0.481 e. The third-order valence-electron chi connectivity index (χ3n) is 2.54. The summed E-state index contributed by atoms with van der Waals surface area (Å²) in [4.78, 5) is 10.4. The van der Waals surface area contributed by atoms with E-state index in [2.05, 4.69) is 18.6 Å². The van der Waals surface area contributed by atoms with Crippen molar-refractivity contribution in [3.05, 3.63) is 0 Å². The first-order valence-corrected chi connectivity index (χ1v) is 7.62. The van der Waals surface area contributed by atoms with Gasteiger partial charge in [-0.3, -0.25) is 4.79 Å². The Morgan fingerprint density at radius 3 is 2.44 bits per heavy atom. The number of aliphatic carboxylic acids is 1. The van der Waals surface area contributed by atoms with E-state index in [0.29, 0.717) is 12.5 Å². The quantitative estimate of drug-likeness (QED) is 0.586. The number of unbranched alkanes of at least 4 members (excludes halogenated alkanes) is 1. The normalized spacial score (nSPS) is 12.3. The third-order valence-corrected chi connectivity index (χ3v) is 4.12. The SMILES string of the molecule is CC(C)CCCCNS(=O)(=O)N(C)CCC(=O)O. The molecule has 0 unspecified atom stereocenters. The van der Waals surface area contributed by atoms with E-state index in [4.69, 9.17) is 5.11 Å². The molecular weight excluding hydrogens is 256 g/mol. The first-order valence-electron chi connectivity index (χ1n) is 6.18. The van der Waals surface area contributed by atoms with Crippen molar-refractivity contribution in [2.75, 3.05) is 20.1 Å². The van der Waals surface area contributed by atoms with Gasteiger partial charge in [-0.1, -0.05) is 26.7 Å². The fraction of sp³-hybridized carbons (Fsp3) is 0.909. The Morgan fingerprint density at radius 1 is 1.33 bits per heavy atom. The predicted molar refractivity (Wildman–Crippen MR) is 70.5 cm³/mol. The third kappa shape index (κ3) is 8.43. The molecule has 0 aromatic heterocycles. The molecule has 0 aliphatic carbocycles. The van der Waals surface area contributed by atoms with Crippen LogP contribution in [-0.4, -0.2) is 43.9 Å². The van der Waals surface area contributed by atoms with Gasteiger partial charge in [0.2, 0.25) is 0 Å². The molecule has 6 nitrogen and oxygen atoms in total. The molecule has 0 radical (unpaired) electrons. The van der Waals surface area contributed by atoms with Crippen LogP contribution in [0.3, 0.4) is 0 Å². The van der Waals surface area contributed by atoms with Crippen LogP contribution in [0, 0.1) is 5.92 Å². The molecule has 0 amide bonds. The lowest BCUT2D eigenvalue weighted by atomic mass is 10.1. The summed E-state index contributed by atoms with van der Waals surface area (Å²) in [7, 11) is -2.16. The van der Waals surface area contributed by atoms with Gasteiger partial charge in [-0.25, -0.2) is 4.72 Å². The maximum atomic E-state index is 11.7. The van der Waals surface area contributed by atoms with E-state index in [1.54, 1.807) is 0 Å². The number of nitrogens with one attached hydrogen (secondary N) is 1. The van der Waals surface area contributed by atoms with E-state index in [1.807, 2.05) is 0 Å². The molecule has 0 fully saturated rings. The summed E-state index contributed by atoms with van der Waals surface area (Å²) in [5.41, 5.74) is 0. The van der Waals surface area contributed by atoms with Crippen LogP contribution in [0.1, 0.15) is 39.5 Å². The topological polar surface area (TPSA) is 86.7 Å². The highest BCUT2D eigenvalue weighted by Gasteiger charge is 2.17. The Hall–Kier alpha value is -0.660. The molecule has 0 saturated heterocycles. The molecule has 18 heavy (non-hydrogen) atoms. The zero-order valence-electron chi connectivity index (χ0n) is 11.3. The van der Waals surface area contributed by atoms with Crippen molar-refractivity contribution in [2.24, 2.45) is 5.92 Å². The second-order valence-electron chi connectivity index (χ2n) is 4.75. The lowest BCUT2D eigenvalue weighted by Gasteiger charge is -2.16. The molecule has 0 aliphatic rings. The zero-order chi connectivity index (χ0) is 14.2. The van der Waals surface area contributed by atoms with E-state index < -0.39 is 16.2 Å². The van der Waals surface area contributed by atoms with Gasteiger partial charge in [0.15, 0.2) is 0 Å². The number of carboxylic acids is 1. The van der Waals surface area contributed by atoms with Crippen molar-refractivity contribution in [3.8, 4) is 0 Å². The van der Waals surface area contributed by atoms with Crippen molar-refractivity contribution < 1.29 is 18.3 Å². The molecule has 2 N–H and O–H groups in total. The second kappa shape index (κ2) is 8.44. The van der Waals surface area contributed by atoms with Crippen LogP contribution in [0.2, 0.25) is 0 Å². The van der Waals surface area contributed by atoms with Gasteiger partial charge in [0.1, 0.15) is 0 Å². The average molecular weight is 280 g/mol. The Morgan fingerprint density at radius 2 is 1.94 bits per heavy atom. The summed E-state index contributed by atoms with van der Waals surface area (Å²) in [5.74, 6) is -0.381. The Balaban J connectivity index is 3.88. The van der Waals surface area contributed by atoms with E-state index in [9.17, 15) is 13.2 Å². The highest BCUT2D eigenvalue weighted by molar-refractivity contribution is 7.87. The lowest BCUT2D eigenvalue weighted by Crippen LogP contribution is -2.39. The zero-order valence-corrected chi connectivity index (χ0v) is 12.2. The van der Waals surface area contributed by atoms with Gasteiger partial charge in [-0.15, -0.1) is 0 Å². The minimum absolute atomic E-state index is 0.0172. The van der Waals surface area contributed by atoms with E-state index in [0.717, 1.165) is 23.6 Å². The van der Waals surface area contributed by atoms with Crippen molar-refractivity contribution in [2.45, 2.75) is 39.5 Å². The van der Waals surface area contributed by atoms with Crippen molar-refractivity contribution in [1.82, 2.24) is 9.03 Å². The summed E-state index contributed by atoms with van der Waals surface area (Å²) in [5, 5.41) is 8.48. The molecule has 0 aromatic carbocycles. The molecule has 0 atom stereocenters. The van der Waals surface area contributed by atoms with Crippen LogP contribution in [0.25, 0.3) is 0 Å². The number of nitrogens with zero attached hydrogens (tertiary/aromatic N) is 1. The Bertz CT molecular complexity index is 341. The van der Waals surface area contributed by atoms with Crippen molar-refractivity contribution >= 4 is 16.2 Å². The highest BCUT2D eigenvalue weighted by Crippen LogP contribution is 2.05. The molecule has 108 valence electrons. The van der Waals surface area contributed by atoms with Gasteiger partial charge in [0, 0.05) is 20.1 Å². The molecule has 0 spiro atoms. The van der Waals surface area contributed by atoms with Crippen LogP contribution in [0.5, 0.6) is 0 Å². The molecule has 0 aromatic rings. The molecular formula is C11H24N2O4S. The van der Waals surface area contributed by atoms with Gasteiger partial charge in [0.05, 0.1) is 6.42 Å². The summed E-state index contributed by atoms with van der Waals surface area (Å²) >= 11 is 0. The molecule has 0 rings (SSSR count). The summed E-state index contributed by atoms with van der Waals surface area (Å²) < 4.78 is 26.8.